The number of anilines is 1. The molecule has 2 rings (SSSR count). The van der Waals surface area contributed by atoms with Gasteiger partial charge in [-0.2, -0.15) is 0 Å². The van der Waals surface area contributed by atoms with Gasteiger partial charge >= 0.3 is 0 Å². The molecule has 0 aliphatic rings. The Morgan fingerprint density at radius 1 is 0.941 bits per heavy atom. The van der Waals surface area contributed by atoms with Crippen LogP contribution in [0.1, 0.15) is 49.4 Å². The number of nitrogens with zero attached hydrogens (tertiary/aromatic N) is 2. The van der Waals surface area contributed by atoms with Crippen molar-refractivity contribution < 1.29 is 18.0 Å². The third-order valence-electron chi connectivity index (χ3n) is 5.82. The van der Waals surface area contributed by atoms with Gasteiger partial charge in [-0.1, -0.05) is 42.8 Å². The summed E-state index contributed by atoms with van der Waals surface area (Å²) in [6, 6.07) is 12.3. The van der Waals surface area contributed by atoms with Gasteiger partial charge in [0.2, 0.25) is 21.8 Å². The van der Waals surface area contributed by atoms with Crippen LogP contribution in [-0.2, 0) is 26.2 Å². The first-order chi connectivity index (χ1) is 15.8. The van der Waals surface area contributed by atoms with E-state index in [1.54, 1.807) is 19.1 Å². The van der Waals surface area contributed by atoms with Crippen LogP contribution in [0.2, 0.25) is 0 Å². The fourth-order valence-electron chi connectivity index (χ4n) is 3.65. The van der Waals surface area contributed by atoms with Crippen LogP contribution in [0.4, 0.5) is 5.69 Å². The maximum Gasteiger partial charge on any atom is 0.244 e. The van der Waals surface area contributed by atoms with Crippen LogP contribution in [0.15, 0.2) is 42.5 Å². The number of amides is 2. The maximum absolute atomic E-state index is 13.6. The van der Waals surface area contributed by atoms with Gasteiger partial charge in [0.25, 0.3) is 0 Å². The number of nitrogens with one attached hydrogen (secondary N) is 1. The summed E-state index contributed by atoms with van der Waals surface area (Å²) in [4.78, 5) is 27.9. The van der Waals surface area contributed by atoms with Gasteiger partial charge in [-0.15, -0.1) is 0 Å². The predicted octanol–water partition coefficient (Wildman–Crippen LogP) is 3.71. The average molecular weight is 488 g/mol. The molecule has 0 radical (unpaired) electrons. The van der Waals surface area contributed by atoms with Gasteiger partial charge < -0.3 is 10.2 Å². The van der Waals surface area contributed by atoms with Crippen LogP contribution in [0, 0.1) is 20.8 Å². The Bertz CT molecular complexity index is 1090. The summed E-state index contributed by atoms with van der Waals surface area (Å²) in [5, 5.41) is 2.93. The molecule has 0 spiro atoms. The van der Waals surface area contributed by atoms with Crippen molar-refractivity contribution in [2.45, 2.75) is 66.6 Å². The van der Waals surface area contributed by atoms with Gasteiger partial charge in [0.1, 0.15) is 12.6 Å². The topological polar surface area (TPSA) is 86.8 Å². The van der Waals surface area contributed by atoms with Crippen molar-refractivity contribution in [2.24, 2.45) is 0 Å². The lowest BCUT2D eigenvalue weighted by molar-refractivity contribution is -0.139. The molecule has 8 heteroatoms. The fraction of sp³-hybridized carbons (Fsp3) is 0.462. The SMILES string of the molecule is CC[C@H](C)NC(=O)[C@@H](C)N(Cc1ccc(C)cc1)C(=O)CN(c1cc(C)cc(C)c1)S(C)(=O)=O. The zero-order valence-electron chi connectivity index (χ0n) is 21.3. The van der Waals surface area contributed by atoms with Crippen molar-refractivity contribution in [3.8, 4) is 0 Å². The van der Waals surface area contributed by atoms with Gasteiger partial charge in [0.15, 0.2) is 0 Å². The zero-order valence-corrected chi connectivity index (χ0v) is 22.1. The number of carbonyl (C=O) groups is 2. The molecule has 0 aliphatic carbocycles. The van der Waals surface area contributed by atoms with Gasteiger partial charge in [-0.25, -0.2) is 8.42 Å². The van der Waals surface area contributed by atoms with Crippen molar-refractivity contribution in [3.05, 3.63) is 64.7 Å². The summed E-state index contributed by atoms with van der Waals surface area (Å²) in [5.41, 5.74) is 4.17. The average Bonchev–Trinajstić information content (AvgIpc) is 2.74. The second-order valence-corrected chi connectivity index (χ2v) is 11.0. The Morgan fingerprint density at radius 3 is 2.00 bits per heavy atom. The quantitative estimate of drug-likeness (QED) is 0.554. The summed E-state index contributed by atoms with van der Waals surface area (Å²) in [6.07, 6.45) is 1.85. The summed E-state index contributed by atoms with van der Waals surface area (Å²) in [5.74, 6) is -0.718. The molecule has 7 nitrogen and oxygen atoms in total. The van der Waals surface area contributed by atoms with Gasteiger partial charge in [-0.3, -0.25) is 13.9 Å². The Kier molecular flexibility index (Phi) is 9.27. The molecule has 0 aromatic heterocycles. The smallest absolute Gasteiger partial charge is 0.244 e. The van der Waals surface area contributed by atoms with Crippen molar-refractivity contribution in [1.29, 1.82) is 0 Å². The molecule has 1 N–H and O–H groups in total. The van der Waals surface area contributed by atoms with Crippen molar-refractivity contribution in [1.82, 2.24) is 10.2 Å². The lowest BCUT2D eigenvalue weighted by atomic mass is 10.1. The second-order valence-electron chi connectivity index (χ2n) is 9.12. The predicted molar refractivity (Wildman–Crippen MR) is 137 cm³/mol. The number of sulfonamides is 1. The molecule has 0 heterocycles. The molecular formula is C26H37N3O4S. The third kappa shape index (κ3) is 7.58. The summed E-state index contributed by atoms with van der Waals surface area (Å²) >= 11 is 0. The van der Waals surface area contributed by atoms with Crippen molar-refractivity contribution >= 4 is 27.5 Å². The molecule has 2 amide bonds. The number of rotatable bonds is 10. The Balaban J connectivity index is 2.41. The first kappa shape index (κ1) is 27.4. The number of hydrogen-bond donors (Lipinski definition) is 1. The molecule has 0 aliphatic heterocycles. The van der Waals surface area contributed by atoms with E-state index in [0.717, 1.165) is 39.2 Å². The number of aryl methyl sites for hydroxylation is 3. The molecular weight excluding hydrogens is 450 g/mol. The van der Waals surface area contributed by atoms with E-state index >= 15 is 0 Å². The Labute approximate surface area is 204 Å². The van der Waals surface area contributed by atoms with Crippen molar-refractivity contribution in [2.75, 3.05) is 17.1 Å². The monoisotopic (exact) mass is 487 g/mol. The van der Waals surface area contributed by atoms with E-state index in [-0.39, 0.29) is 18.5 Å². The van der Waals surface area contributed by atoms with Gasteiger partial charge in [0.05, 0.1) is 11.9 Å². The summed E-state index contributed by atoms with van der Waals surface area (Å²) in [6.45, 7) is 11.1. The van der Waals surface area contributed by atoms with E-state index in [0.29, 0.717) is 5.69 Å². The minimum atomic E-state index is -3.74. The molecule has 2 aromatic rings. The van der Waals surface area contributed by atoms with E-state index in [1.165, 1.54) is 4.90 Å². The minimum Gasteiger partial charge on any atom is -0.352 e. The molecule has 2 aromatic carbocycles. The largest absolute Gasteiger partial charge is 0.352 e. The highest BCUT2D eigenvalue weighted by Gasteiger charge is 2.30. The molecule has 0 saturated heterocycles. The normalized spacial score (nSPS) is 13.1. The maximum atomic E-state index is 13.6. The summed E-state index contributed by atoms with van der Waals surface area (Å²) in [7, 11) is -3.74. The summed E-state index contributed by atoms with van der Waals surface area (Å²) < 4.78 is 26.5. The zero-order chi connectivity index (χ0) is 25.6. The standard InChI is InChI=1S/C26H37N3O4S/c1-8-21(5)27-26(31)22(6)28(16-23-11-9-18(2)10-12-23)25(30)17-29(34(7,32)33)24-14-19(3)13-20(4)15-24/h9-15,21-22H,8,16-17H2,1-7H3,(H,27,31)/t21-,22+/m0/s1. The number of hydrogen-bond acceptors (Lipinski definition) is 4. The van der Waals surface area contributed by atoms with Gasteiger partial charge in [-0.05, 0) is 69.9 Å². The number of benzene rings is 2. The molecule has 0 unspecified atom stereocenters. The highest BCUT2D eigenvalue weighted by Crippen LogP contribution is 2.22. The van der Waals surface area contributed by atoms with Gasteiger partial charge in [0, 0.05) is 12.6 Å². The first-order valence-electron chi connectivity index (χ1n) is 11.5. The third-order valence-corrected chi connectivity index (χ3v) is 6.96. The van der Waals surface area contributed by atoms with E-state index in [9.17, 15) is 18.0 Å². The fourth-order valence-corrected chi connectivity index (χ4v) is 4.48. The molecule has 2 atom stereocenters. The van der Waals surface area contributed by atoms with E-state index < -0.39 is 28.5 Å². The minimum absolute atomic E-state index is 0.0333. The first-order valence-corrected chi connectivity index (χ1v) is 13.4. The van der Waals surface area contributed by atoms with Crippen LogP contribution in [0.5, 0.6) is 0 Å². The van der Waals surface area contributed by atoms with E-state index in [4.69, 9.17) is 0 Å². The lowest BCUT2D eigenvalue weighted by Gasteiger charge is -2.32. The van der Waals surface area contributed by atoms with Crippen LogP contribution >= 0.6 is 0 Å². The van der Waals surface area contributed by atoms with Crippen LogP contribution in [-0.4, -0.2) is 50.0 Å². The Hall–Kier alpha value is -2.87. The van der Waals surface area contributed by atoms with E-state index in [2.05, 4.69) is 5.32 Å². The molecule has 0 saturated carbocycles. The van der Waals surface area contributed by atoms with Crippen LogP contribution in [0.25, 0.3) is 0 Å². The number of carbonyl (C=O) groups excluding carboxylic acids is 2. The van der Waals surface area contributed by atoms with Crippen LogP contribution < -0.4 is 9.62 Å². The van der Waals surface area contributed by atoms with Crippen LogP contribution in [0.3, 0.4) is 0 Å². The lowest BCUT2D eigenvalue weighted by Crippen LogP contribution is -2.52. The highest BCUT2D eigenvalue weighted by atomic mass is 32.2. The molecule has 186 valence electrons. The molecule has 34 heavy (non-hydrogen) atoms. The van der Waals surface area contributed by atoms with E-state index in [1.807, 2.05) is 65.0 Å². The highest BCUT2D eigenvalue weighted by molar-refractivity contribution is 7.92. The van der Waals surface area contributed by atoms with Crippen molar-refractivity contribution in [3.63, 3.8) is 0 Å². The molecule has 0 fully saturated rings. The molecule has 0 bridgehead atoms. The Morgan fingerprint density at radius 2 is 1.50 bits per heavy atom. The second kappa shape index (κ2) is 11.5.